The molecule has 150 valence electrons. The second-order valence-corrected chi connectivity index (χ2v) is 6.16. The summed E-state index contributed by atoms with van der Waals surface area (Å²) in [5, 5.41) is 13.9. The molecule has 9 heteroatoms. The van der Waals surface area contributed by atoms with Gasteiger partial charge in [0.05, 0.1) is 30.8 Å². The fourth-order valence-electron chi connectivity index (χ4n) is 2.91. The number of imide groups is 1. The fraction of sp³-hybridized carbons (Fsp3) is 0.200. The van der Waals surface area contributed by atoms with Crippen LogP contribution in [0.25, 0.3) is 5.57 Å². The number of ether oxygens (including phenoxy) is 2. The maximum Gasteiger partial charge on any atom is 0.278 e. The lowest BCUT2D eigenvalue weighted by Crippen LogP contribution is -2.35. The van der Waals surface area contributed by atoms with Crippen LogP contribution in [-0.2, 0) is 14.3 Å². The van der Waals surface area contributed by atoms with E-state index < -0.39 is 16.7 Å². The average molecular weight is 397 g/mol. The van der Waals surface area contributed by atoms with Gasteiger partial charge >= 0.3 is 0 Å². The molecule has 0 aromatic heterocycles. The predicted octanol–water partition coefficient (Wildman–Crippen LogP) is 2.44. The molecule has 0 aliphatic carbocycles. The third-order valence-electron chi connectivity index (χ3n) is 4.41. The number of hydrogen-bond donors (Lipinski definition) is 1. The number of anilines is 1. The standard InChI is InChI=1S/C20H19N3O6/c1-28-12-11-22-19(24)17(13-3-7-15(8-4-13)23(26)27)18(20(22)25)21-14-5-9-16(29-2)10-6-14/h3-10,21H,11-12H2,1-2H3. The van der Waals surface area contributed by atoms with Gasteiger partial charge in [-0.05, 0) is 42.0 Å². The number of carbonyl (C=O) groups is 2. The Labute approximate surface area is 166 Å². The molecule has 0 unspecified atom stereocenters. The summed E-state index contributed by atoms with van der Waals surface area (Å²) in [5.74, 6) is -0.330. The van der Waals surface area contributed by atoms with Gasteiger partial charge in [0.15, 0.2) is 0 Å². The van der Waals surface area contributed by atoms with E-state index in [9.17, 15) is 19.7 Å². The molecule has 1 aliphatic heterocycles. The van der Waals surface area contributed by atoms with Gasteiger partial charge in [0, 0.05) is 24.9 Å². The maximum atomic E-state index is 12.9. The highest BCUT2D eigenvalue weighted by Crippen LogP contribution is 2.31. The number of benzene rings is 2. The normalized spacial score (nSPS) is 13.8. The van der Waals surface area contributed by atoms with Crippen LogP contribution in [0.15, 0.2) is 54.2 Å². The molecule has 0 spiro atoms. The Bertz CT molecular complexity index is 967. The molecule has 2 aromatic rings. The van der Waals surface area contributed by atoms with Crippen molar-refractivity contribution >= 4 is 28.8 Å². The summed E-state index contributed by atoms with van der Waals surface area (Å²) in [6.45, 7) is 0.291. The molecule has 0 saturated carbocycles. The number of nitrogens with zero attached hydrogens (tertiary/aromatic N) is 2. The van der Waals surface area contributed by atoms with Crippen LogP contribution in [-0.4, -0.2) is 49.0 Å². The monoisotopic (exact) mass is 397 g/mol. The van der Waals surface area contributed by atoms with E-state index in [1.54, 1.807) is 31.4 Å². The van der Waals surface area contributed by atoms with Gasteiger partial charge in [-0.1, -0.05) is 0 Å². The van der Waals surface area contributed by atoms with E-state index in [4.69, 9.17) is 9.47 Å². The largest absolute Gasteiger partial charge is 0.497 e. The van der Waals surface area contributed by atoms with Gasteiger partial charge in [0.2, 0.25) is 0 Å². The zero-order valence-electron chi connectivity index (χ0n) is 15.9. The van der Waals surface area contributed by atoms with Gasteiger partial charge in [0.1, 0.15) is 11.4 Å². The first kappa shape index (κ1) is 20.0. The van der Waals surface area contributed by atoms with Crippen molar-refractivity contribution in [3.05, 3.63) is 69.9 Å². The molecule has 0 saturated heterocycles. The van der Waals surface area contributed by atoms with Crippen LogP contribution < -0.4 is 10.1 Å². The van der Waals surface area contributed by atoms with E-state index in [0.717, 1.165) is 4.90 Å². The van der Waals surface area contributed by atoms with Crippen LogP contribution in [0.2, 0.25) is 0 Å². The number of nitro benzene ring substituents is 1. The number of non-ortho nitro benzene ring substituents is 1. The highest BCUT2D eigenvalue weighted by Gasteiger charge is 2.39. The van der Waals surface area contributed by atoms with Crippen molar-refractivity contribution in [1.82, 2.24) is 4.90 Å². The Morgan fingerprint density at radius 3 is 2.21 bits per heavy atom. The Balaban J connectivity index is 2.01. The van der Waals surface area contributed by atoms with Gasteiger partial charge in [0.25, 0.3) is 17.5 Å². The van der Waals surface area contributed by atoms with Crippen LogP contribution in [0.1, 0.15) is 5.56 Å². The lowest BCUT2D eigenvalue weighted by Gasteiger charge is -2.14. The van der Waals surface area contributed by atoms with Crippen molar-refractivity contribution in [3.63, 3.8) is 0 Å². The summed E-state index contributed by atoms with van der Waals surface area (Å²) in [6, 6.07) is 12.4. The molecular formula is C20H19N3O6. The van der Waals surface area contributed by atoms with Gasteiger partial charge < -0.3 is 14.8 Å². The quantitative estimate of drug-likeness (QED) is 0.414. The average Bonchev–Trinajstić information content (AvgIpc) is 2.96. The highest BCUT2D eigenvalue weighted by atomic mass is 16.6. The number of nitro groups is 1. The van der Waals surface area contributed by atoms with E-state index in [-0.39, 0.29) is 30.1 Å². The lowest BCUT2D eigenvalue weighted by atomic mass is 10.0. The zero-order chi connectivity index (χ0) is 21.0. The van der Waals surface area contributed by atoms with E-state index in [1.165, 1.54) is 31.4 Å². The number of carbonyl (C=O) groups excluding carboxylic acids is 2. The van der Waals surface area contributed by atoms with Crippen LogP contribution in [0.5, 0.6) is 5.75 Å². The van der Waals surface area contributed by atoms with Crippen molar-refractivity contribution < 1.29 is 24.0 Å². The Hall–Kier alpha value is -3.72. The van der Waals surface area contributed by atoms with Gasteiger partial charge in [-0.2, -0.15) is 0 Å². The van der Waals surface area contributed by atoms with Crippen LogP contribution in [0.3, 0.4) is 0 Å². The summed E-state index contributed by atoms with van der Waals surface area (Å²) in [5.41, 5.74) is 1.15. The summed E-state index contributed by atoms with van der Waals surface area (Å²) in [4.78, 5) is 37.3. The van der Waals surface area contributed by atoms with Crippen molar-refractivity contribution in [1.29, 1.82) is 0 Å². The number of methoxy groups -OCH3 is 2. The van der Waals surface area contributed by atoms with E-state index in [2.05, 4.69) is 5.32 Å². The van der Waals surface area contributed by atoms with Gasteiger partial charge in [-0.25, -0.2) is 0 Å². The van der Waals surface area contributed by atoms with Crippen LogP contribution in [0, 0.1) is 10.1 Å². The zero-order valence-corrected chi connectivity index (χ0v) is 15.9. The number of nitrogens with one attached hydrogen (secondary N) is 1. The van der Waals surface area contributed by atoms with Crippen molar-refractivity contribution in [2.75, 3.05) is 32.7 Å². The summed E-state index contributed by atoms with van der Waals surface area (Å²) in [7, 11) is 3.02. The molecule has 0 radical (unpaired) electrons. The second-order valence-electron chi connectivity index (χ2n) is 6.16. The smallest absolute Gasteiger partial charge is 0.278 e. The SMILES string of the molecule is COCCN1C(=O)C(Nc2ccc(OC)cc2)=C(c2ccc([N+](=O)[O-])cc2)C1=O. The molecule has 1 N–H and O–H groups in total. The molecule has 9 nitrogen and oxygen atoms in total. The van der Waals surface area contributed by atoms with E-state index in [1.807, 2.05) is 0 Å². The molecule has 0 bridgehead atoms. The predicted molar refractivity (Wildman–Crippen MR) is 105 cm³/mol. The molecular weight excluding hydrogens is 378 g/mol. The van der Waals surface area contributed by atoms with Crippen LogP contribution >= 0.6 is 0 Å². The maximum absolute atomic E-state index is 12.9. The van der Waals surface area contributed by atoms with Gasteiger partial charge in [-0.15, -0.1) is 0 Å². The Kier molecular flexibility index (Phi) is 5.89. The topological polar surface area (TPSA) is 111 Å². The first-order valence-electron chi connectivity index (χ1n) is 8.71. The summed E-state index contributed by atoms with van der Waals surface area (Å²) < 4.78 is 10.1. The minimum Gasteiger partial charge on any atom is -0.497 e. The Morgan fingerprint density at radius 2 is 1.66 bits per heavy atom. The summed E-state index contributed by atoms with van der Waals surface area (Å²) in [6.07, 6.45) is 0. The third-order valence-corrected chi connectivity index (χ3v) is 4.41. The van der Waals surface area contributed by atoms with Crippen LogP contribution in [0.4, 0.5) is 11.4 Å². The molecule has 2 amide bonds. The van der Waals surface area contributed by atoms with Crippen molar-refractivity contribution in [3.8, 4) is 5.75 Å². The van der Waals surface area contributed by atoms with Crippen molar-refractivity contribution in [2.45, 2.75) is 0 Å². The molecule has 1 heterocycles. The molecule has 3 rings (SSSR count). The third kappa shape index (κ3) is 4.09. The summed E-state index contributed by atoms with van der Waals surface area (Å²) >= 11 is 0. The molecule has 1 aliphatic rings. The molecule has 29 heavy (non-hydrogen) atoms. The van der Waals surface area contributed by atoms with E-state index in [0.29, 0.717) is 17.0 Å². The molecule has 2 aromatic carbocycles. The minimum absolute atomic E-state index is 0.0957. The Morgan fingerprint density at radius 1 is 1.00 bits per heavy atom. The number of amides is 2. The lowest BCUT2D eigenvalue weighted by molar-refractivity contribution is -0.384. The minimum atomic E-state index is -0.527. The fourth-order valence-corrected chi connectivity index (χ4v) is 2.91. The first-order valence-corrected chi connectivity index (χ1v) is 8.71. The molecule has 0 fully saturated rings. The van der Waals surface area contributed by atoms with Gasteiger partial charge in [-0.3, -0.25) is 24.6 Å². The second kappa shape index (κ2) is 8.53. The number of hydrogen-bond acceptors (Lipinski definition) is 7. The van der Waals surface area contributed by atoms with E-state index >= 15 is 0 Å². The van der Waals surface area contributed by atoms with Crippen molar-refractivity contribution in [2.24, 2.45) is 0 Å². The number of rotatable bonds is 8. The first-order chi connectivity index (χ1) is 14.0. The highest BCUT2D eigenvalue weighted by molar-refractivity contribution is 6.36. The molecule has 0 atom stereocenters.